The molecule has 1 atom stereocenters. The third-order valence-corrected chi connectivity index (χ3v) is 2.65. The van der Waals surface area contributed by atoms with Gasteiger partial charge >= 0.3 is 5.97 Å². The van der Waals surface area contributed by atoms with Crippen LogP contribution in [0.3, 0.4) is 0 Å². The first-order valence-electron chi connectivity index (χ1n) is 4.59. The van der Waals surface area contributed by atoms with Crippen molar-refractivity contribution in [2.75, 3.05) is 0 Å². The second-order valence-corrected chi connectivity index (χ2v) is 3.78. The van der Waals surface area contributed by atoms with E-state index in [2.05, 4.69) is 0 Å². The molecule has 0 amide bonds. The van der Waals surface area contributed by atoms with Crippen molar-refractivity contribution in [3.63, 3.8) is 0 Å². The molecule has 0 N–H and O–H groups in total. The standard InChI is InChI=1S/C12H12O2/c1-9-3-5-10(6-4-9)12(2)7-8-14-11(12)13/h3-8H,1-2H3. The summed E-state index contributed by atoms with van der Waals surface area (Å²) in [6.07, 6.45) is 3.25. The minimum atomic E-state index is -0.603. The van der Waals surface area contributed by atoms with Crippen LogP contribution >= 0.6 is 0 Å². The quantitative estimate of drug-likeness (QED) is 0.632. The maximum Gasteiger partial charge on any atom is 0.325 e. The number of carbonyl (C=O) groups is 1. The van der Waals surface area contributed by atoms with Crippen LogP contribution in [0.15, 0.2) is 36.6 Å². The highest BCUT2D eigenvalue weighted by Gasteiger charge is 2.37. The molecule has 0 aromatic heterocycles. The lowest BCUT2D eigenvalue weighted by Crippen LogP contribution is -2.27. The Morgan fingerprint density at radius 3 is 2.36 bits per heavy atom. The third-order valence-electron chi connectivity index (χ3n) is 2.65. The number of cyclic esters (lactones) is 1. The highest BCUT2D eigenvalue weighted by molar-refractivity contribution is 5.87. The lowest BCUT2D eigenvalue weighted by atomic mass is 9.83. The lowest BCUT2D eigenvalue weighted by Gasteiger charge is -2.18. The predicted octanol–water partition coefficient (Wildman–Crippen LogP) is 2.32. The van der Waals surface area contributed by atoms with Gasteiger partial charge in [-0.25, -0.2) is 0 Å². The van der Waals surface area contributed by atoms with Crippen LogP contribution in [-0.2, 0) is 14.9 Å². The number of esters is 1. The molecule has 1 aliphatic rings. The van der Waals surface area contributed by atoms with E-state index in [-0.39, 0.29) is 5.97 Å². The first kappa shape index (κ1) is 9.00. The molecule has 0 spiro atoms. The molecular formula is C12H12O2. The summed E-state index contributed by atoms with van der Waals surface area (Å²) >= 11 is 0. The van der Waals surface area contributed by atoms with Gasteiger partial charge in [0.25, 0.3) is 0 Å². The van der Waals surface area contributed by atoms with Crippen molar-refractivity contribution in [3.05, 3.63) is 47.7 Å². The Hall–Kier alpha value is -1.57. The smallest absolute Gasteiger partial charge is 0.325 e. The van der Waals surface area contributed by atoms with Gasteiger partial charge in [0.1, 0.15) is 5.41 Å². The maximum absolute atomic E-state index is 11.5. The zero-order valence-electron chi connectivity index (χ0n) is 8.28. The van der Waals surface area contributed by atoms with Crippen LogP contribution in [-0.4, -0.2) is 5.97 Å². The van der Waals surface area contributed by atoms with E-state index in [1.807, 2.05) is 38.1 Å². The Balaban J connectivity index is 2.44. The van der Waals surface area contributed by atoms with Gasteiger partial charge in [0, 0.05) is 0 Å². The molecule has 2 rings (SSSR count). The van der Waals surface area contributed by atoms with E-state index in [9.17, 15) is 4.79 Å². The first-order valence-corrected chi connectivity index (χ1v) is 4.59. The van der Waals surface area contributed by atoms with Crippen molar-refractivity contribution < 1.29 is 9.53 Å². The molecule has 72 valence electrons. The van der Waals surface area contributed by atoms with Gasteiger partial charge < -0.3 is 4.74 Å². The monoisotopic (exact) mass is 188 g/mol. The Morgan fingerprint density at radius 1 is 1.21 bits per heavy atom. The van der Waals surface area contributed by atoms with E-state index in [0.29, 0.717) is 0 Å². The highest BCUT2D eigenvalue weighted by atomic mass is 16.5. The fourth-order valence-corrected chi connectivity index (χ4v) is 1.54. The Kier molecular flexibility index (Phi) is 1.92. The van der Waals surface area contributed by atoms with Gasteiger partial charge in [-0.1, -0.05) is 29.8 Å². The van der Waals surface area contributed by atoms with Crippen LogP contribution in [0.1, 0.15) is 18.1 Å². The molecule has 2 heteroatoms. The molecule has 14 heavy (non-hydrogen) atoms. The van der Waals surface area contributed by atoms with E-state index >= 15 is 0 Å². The molecule has 0 radical (unpaired) electrons. The third kappa shape index (κ3) is 1.23. The number of aryl methyl sites for hydroxylation is 1. The number of hydrogen-bond donors (Lipinski definition) is 0. The van der Waals surface area contributed by atoms with Crippen LogP contribution in [0.5, 0.6) is 0 Å². The Labute approximate surface area is 83.2 Å². The van der Waals surface area contributed by atoms with E-state index in [0.717, 1.165) is 5.56 Å². The average molecular weight is 188 g/mol. The Bertz CT molecular complexity index is 389. The van der Waals surface area contributed by atoms with Crippen LogP contribution in [0.2, 0.25) is 0 Å². The fourth-order valence-electron chi connectivity index (χ4n) is 1.54. The summed E-state index contributed by atoms with van der Waals surface area (Å²) in [4.78, 5) is 11.5. The summed E-state index contributed by atoms with van der Waals surface area (Å²) in [5, 5.41) is 0. The van der Waals surface area contributed by atoms with E-state index in [1.165, 1.54) is 11.8 Å². The van der Waals surface area contributed by atoms with Crippen molar-refractivity contribution in [3.8, 4) is 0 Å². The van der Waals surface area contributed by atoms with Gasteiger partial charge in [0.05, 0.1) is 6.26 Å². The van der Waals surface area contributed by atoms with E-state index < -0.39 is 5.41 Å². The largest absolute Gasteiger partial charge is 0.434 e. The van der Waals surface area contributed by atoms with E-state index in [1.54, 1.807) is 6.08 Å². The van der Waals surface area contributed by atoms with Crippen molar-refractivity contribution in [1.82, 2.24) is 0 Å². The molecule has 1 heterocycles. The van der Waals surface area contributed by atoms with Gasteiger partial charge in [0.2, 0.25) is 0 Å². The van der Waals surface area contributed by atoms with Crippen LogP contribution < -0.4 is 0 Å². The molecule has 1 aliphatic heterocycles. The molecule has 0 saturated heterocycles. The average Bonchev–Trinajstić information content (AvgIpc) is 2.49. The molecule has 0 saturated carbocycles. The summed E-state index contributed by atoms with van der Waals surface area (Å²) in [5.41, 5.74) is 1.56. The summed E-state index contributed by atoms with van der Waals surface area (Å²) < 4.78 is 4.83. The van der Waals surface area contributed by atoms with Crippen LogP contribution in [0.25, 0.3) is 0 Å². The summed E-state index contributed by atoms with van der Waals surface area (Å²) in [6.45, 7) is 3.89. The SMILES string of the molecule is Cc1ccc(C2(C)C=COC2=O)cc1. The molecule has 0 bridgehead atoms. The predicted molar refractivity (Wildman–Crippen MR) is 53.8 cm³/mol. The molecular weight excluding hydrogens is 176 g/mol. The van der Waals surface area contributed by atoms with Gasteiger partial charge in [-0.05, 0) is 25.5 Å². The van der Waals surface area contributed by atoms with Gasteiger partial charge in [-0.2, -0.15) is 0 Å². The van der Waals surface area contributed by atoms with Crippen molar-refractivity contribution >= 4 is 5.97 Å². The molecule has 2 nitrogen and oxygen atoms in total. The summed E-state index contributed by atoms with van der Waals surface area (Å²) in [7, 11) is 0. The Morgan fingerprint density at radius 2 is 1.86 bits per heavy atom. The van der Waals surface area contributed by atoms with Gasteiger partial charge in [-0.15, -0.1) is 0 Å². The molecule has 1 aromatic carbocycles. The first-order chi connectivity index (χ1) is 6.63. The fraction of sp³-hybridized carbons (Fsp3) is 0.250. The number of benzene rings is 1. The van der Waals surface area contributed by atoms with Crippen LogP contribution in [0, 0.1) is 6.92 Å². The molecule has 1 unspecified atom stereocenters. The van der Waals surface area contributed by atoms with Crippen molar-refractivity contribution in [1.29, 1.82) is 0 Å². The highest BCUT2D eigenvalue weighted by Crippen LogP contribution is 2.31. The normalized spacial score (nSPS) is 25.1. The zero-order chi connectivity index (χ0) is 10.2. The summed E-state index contributed by atoms with van der Waals surface area (Å²) in [5.74, 6) is -0.207. The van der Waals surface area contributed by atoms with Gasteiger partial charge in [-0.3, -0.25) is 4.79 Å². The number of ether oxygens (including phenoxy) is 1. The molecule has 1 aromatic rings. The van der Waals surface area contributed by atoms with Gasteiger partial charge in [0.15, 0.2) is 0 Å². The zero-order valence-corrected chi connectivity index (χ0v) is 8.28. The number of rotatable bonds is 1. The van der Waals surface area contributed by atoms with E-state index in [4.69, 9.17) is 4.74 Å². The van der Waals surface area contributed by atoms with Crippen molar-refractivity contribution in [2.45, 2.75) is 19.3 Å². The maximum atomic E-state index is 11.5. The molecule has 0 fully saturated rings. The van der Waals surface area contributed by atoms with Crippen LogP contribution in [0.4, 0.5) is 0 Å². The second-order valence-electron chi connectivity index (χ2n) is 3.78. The minimum Gasteiger partial charge on any atom is -0.434 e. The second kappa shape index (κ2) is 2.98. The minimum absolute atomic E-state index is 0.207. The summed E-state index contributed by atoms with van der Waals surface area (Å²) in [6, 6.07) is 7.93. The lowest BCUT2D eigenvalue weighted by molar-refractivity contribution is -0.139. The number of hydrogen-bond acceptors (Lipinski definition) is 2. The topological polar surface area (TPSA) is 26.3 Å². The number of carbonyl (C=O) groups excluding carboxylic acids is 1. The van der Waals surface area contributed by atoms with Crippen molar-refractivity contribution in [2.24, 2.45) is 0 Å². The molecule has 0 aliphatic carbocycles.